The summed E-state index contributed by atoms with van der Waals surface area (Å²) in [5, 5.41) is 19.8. The number of benzene rings is 1. The normalized spacial score (nSPS) is 10.1. The molecule has 5 nitrogen and oxygen atoms in total. The summed E-state index contributed by atoms with van der Waals surface area (Å²) in [5.74, 6) is -2.49. The van der Waals surface area contributed by atoms with Crippen LogP contribution in [0, 0.1) is 5.82 Å². The van der Waals surface area contributed by atoms with E-state index in [0.717, 1.165) is 12.1 Å². The van der Waals surface area contributed by atoms with E-state index in [1.807, 2.05) is 0 Å². The molecule has 18 heavy (non-hydrogen) atoms. The number of carbonyl (C=O) groups excluding carboxylic acids is 1. The van der Waals surface area contributed by atoms with Crippen LogP contribution in [0.2, 0.25) is 0 Å². The van der Waals surface area contributed by atoms with Crippen molar-refractivity contribution in [2.75, 3.05) is 5.32 Å². The summed E-state index contributed by atoms with van der Waals surface area (Å²) in [6.45, 7) is 0. The van der Waals surface area contributed by atoms with E-state index in [1.165, 1.54) is 6.07 Å². The van der Waals surface area contributed by atoms with Gasteiger partial charge in [-0.15, -0.1) is 0 Å². The molecule has 0 saturated carbocycles. The molecule has 0 aliphatic carbocycles. The number of hydrogen-bond acceptors (Lipinski definition) is 3. The Hall–Kier alpha value is -2.11. The molecule has 0 fully saturated rings. The maximum atomic E-state index is 13.0. The Morgan fingerprint density at radius 3 is 2.50 bits per heavy atom. The Labute approximate surface area is 103 Å². The molecule has 0 heterocycles. The predicted octanol–water partition coefficient (Wildman–Crippen LogP) is 2.11. The molecule has 1 rings (SSSR count). The number of aromatic hydroxyl groups is 1. The summed E-state index contributed by atoms with van der Waals surface area (Å²) in [4.78, 5) is 21.6. The zero-order valence-electron chi connectivity index (χ0n) is 9.65. The third-order valence-corrected chi connectivity index (χ3v) is 2.28. The topological polar surface area (TPSA) is 86.6 Å². The minimum absolute atomic E-state index is 0.0289. The molecular formula is C12H14FNO4. The van der Waals surface area contributed by atoms with Gasteiger partial charge in [-0.05, 0) is 25.0 Å². The Morgan fingerprint density at radius 1 is 1.22 bits per heavy atom. The van der Waals surface area contributed by atoms with Gasteiger partial charge in [-0.3, -0.25) is 9.59 Å². The Balaban J connectivity index is 2.35. The number of anilines is 1. The minimum Gasteiger partial charge on any atom is -0.505 e. The number of carbonyl (C=O) groups is 2. The van der Waals surface area contributed by atoms with E-state index in [1.54, 1.807) is 0 Å². The number of carboxylic acid groups (broad SMARTS) is 1. The van der Waals surface area contributed by atoms with Gasteiger partial charge in [0.25, 0.3) is 0 Å². The zero-order valence-corrected chi connectivity index (χ0v) is 9.65. The van der Waals surface area contributed by atoms with Crippen LogP contribution in [0.5, 0.6) is 5.75 Å². The van der Waals surface area contributed by atoms with E-state index < -0.39 is 17.5 Å². The van der Waals surface area contributed by atoms with Crippen LogP contribution in [0.15, 0.2) is 18.2 Å². The van der Waals surface area contributed by atoms with Crippen molar-refractivity contribution in [2.45, 2.75) is 25.7 Å². The van der Waals surface area contributed by atoms with Gasteiger partial charge in [0, 0.05) is 24.6 Å². The molecule has 0 aliphatic rings. The average Bonchev–Trinajstić information content (AvgIpc) is 2.29. The van der Waals surface area contributed by atoms with Crippen LogP contribution in [-0.2, 0) is 9.59 Å². The second-order valence-electron chi connectivity index (χ2n) is 3.82. The molecule has 0 bridgehead atoms. The van der Waals surface area contributed by atoms with Gasteiger partial charge in [0.15, 0.2) is 11.6 Å². The van der Waals surface area contributed by atoms with Crippen molar-refractivity contribution in [1.29, 1.82) is 0 Å². The summed E-state index contributed by atoms with van der Waals surface area (Å²) in [6.07, 6.45) is 1.09. The van der Waals surface area contributed by atoms with Crippen molar-refractivity contribution in [3.8, 4) is 5.75 Å². The smallest absolute Gasteiger partial charge is 0.303 e. The van der Waals surface area contributed by atoms with Crippen LogP contribution in [0.4, 0.5) is 10.1 Å². The molecule has 1 aromatic rings. The van der Waals surface area contributed by atoms with Gasteiger partial charge >= 0.3 is 5.97 Å². The van der Waals surface area contributed by atoms with E-state index in [2.05, 4.69) is 5.32 Å². The molecule has 0 unspecified atom stereocenters. The lowest BCUT2D eigenvalue weighted by Crippen LogP contribution is -2.11. The van der Waals surface area contributed by atoms with Crippen molar-refractivity contribution in [1.82, 2.24) is 0 Å². The summed E-state index contributed by atoms with van der Waals surface area (Å²) in [5.41, 5.74) is 0.258. The van der Waals surface area contributed by atoms with Gasteiger partial charge in [-0.1, -0.05) is 0 Å². The van der Waals surface area contributed by atoms with Crippen molar-refractivity contribution in [3.63, 3.8) is 0 Å². The van der Waals surface area contributed by atoms with Gasteiger partial charge in [-0.2, -0.15) is 0 Å². The minimum atomic E-state index is -0.893. The van der Waals surface area contributed by atoms with Crippen LogP contribution in [0.3, 0.4) is 0 Å². The van der Waals surface area contributed by atoms with Crippen LogP contribution >= 0.6 is 0 Å². The summed E-state index contributed by atoms with van der Waals surface area (Å²) in [7, 11) is 0. The number of nitrogens with one attached hydrogen (secondary N) is 1. The first-order valence-corrected chi connectivity index (χ1v) is 5.49. The third kappa shape index (κ3) is 4.82. The van der Waals surface area contributed by atoms with E-state index in [4.69, 9.17) is 10.2 Å². The van der Waals surface area contributed by atoms with Crippen molar-refractivity contribution >= 4 is 17.6 Å². The molecule has 1 amide bonds. The second kappa shape index (κ2) is 6.58. The maximum absolute atomic E-state index is 13.0. The van der Waals surface area contributed by atoms with Crippen LogP contribution in [0.25, 0.3) is 0 Å². The molecule has 6 heteroatoms. The Morgan fingerprint density at radius 2 is 1.89 bits per heavy atom. The van der Waals surface area contributed by atoms with Crippen molar-refractivity contribution in [2.24, 2.45) is 0 Å². The highest BCUT2D eigenvalue weighted by Gasteiger charge is 2.06. The molecule has 98 valence electrons. The predicted molar refractivity (Wildman–Crippen MR) is 62.8 cm³/mol. The van der Waals surface area contributed by atoms with Gasteiger partial charge in [-0.25, -0.2) is 4.39 Å². The summed E-state index contributed by atoms with van der Waals surface area (Å²) >= 11 is 0. The molecule has 1 aromatic carbocycles. The summed E-state index contributed by atoms with van der Waals surface area (Å²) < 4.78 is 13.0. The van der Waals surface area contributed by atoms with Crippen LogP contribution in [0.1, 0.15) is 25.7 Å². The monoisotopic (exact) mass is 255 g/mol. The van der Waals surface area contributed by atoms with Gasteiger partial charge < -0.3 is 15.5 Å². The number of phenols is 1. The summed E-state index contributed by atoms with van der Waals surface area (Å²) in [6, 6.07) is 3.55. The van der Waals surface area contributed by atoms with Gasteiger partial charge in [0.1, 0.15) is 0 Å². The lowest BCUT2D eigenvalue weighted by Gasteiger charge is -2.05. The third-order valence-electron chi connectivity index (χ3n) is 2.28. The number of phenolic OH excluding ortho intramolecular Hbond substituents is 1. The van der Waals surface area contributed by atoms with Crippen molar-refractivity contribution in [3.05, 3.63) is 24.0 Å². The van der Waals surface area contributed by atoms with Crippen LogP contribution < -0.4 is 5.32 Å². The number of carboxylic acids is 1. The van der Waals surface area contributed by atoms with Crippen molar-refractivity contribution < 1.29 is 24.2 Å². The largest absolute Gasteiger partial charge is 0.505 e. The maximum Gasteiger partial charge on any atom is 0.303 e. The Bertz CT molecular complexity index is 448. The van der Waals surface area contributed by atoms with E-state index in [9.17, 15) is 14.0 Å². The van der Waals surface area contributed by atoms with Gasteiger partial charge in [0.05, 0.1) is 0 Å². The van der Waals surface area contributed by atoms with E-state index in [-0.39, 0.29) is 24.4 Å². The Kier molecular flexibility index (Phi) is 5.10. The molecule has 0 aromatic heterocycles. The van der Waals surface area contributed by atoms with E-state index in [0.29, 0.717) is 12.8 Å². The van der Waals surface area contributed by atoms with Crippen LogP contribution in [-0.4, -0.2) is 22.1 Å². The lowest BCUT2D eigenvalue weighted by atomic mass is 10.2. The number of halogens is 1. The van der Waals surface area contributed by atoms with Gasteiger partial charge in [0.2, 0.25) is 5.91 Å². The van der Waals surface area contributed by atoms with E-state index >= 15 is 0 Å². The molecule has 0 atom stereocenters. The number of rotatable bonds is 6. The fourth-order valence-corrected chi connectivity index (χ4v) is 1.37. The highest BCUT2D eigenvalue weighted by molar-refractivity contribution is 5.90. The molecule has 3 N–H and O–H groups in total. The standard InChI is InChI=1S/C12H14FNO4/c13-9-7-8(5-6-10(9)15)14-11(16)3-1-2-4-12(17)18/h5-7,15H,1-4H2,(H,14,16)(H,17,18). The highest BCUT2D eigenvalue weighted by atomic mass is 19.1. The number of unbranched alkanes of at least 4 members (excludes halogenated alkanes) is 1. The number of aliphatic carboxylic acids is 1. The molecule has 0 radical (unpaired) electrons. The first-order valence-electron chi connectivity index (χ1n) is 5.49. The highest BCUT2D eigenvalue weighted by Crippen LogP contribution is 2.19. The molecular weight excluding hydrogens is 241 g/mol. The molecule has 0 spiro atoms. The average molecular weight is 255 g/mol. The first-order chi connectivity index (χ1) is 8.49. The number of hydrogen-bond donors (Lipinski definition) is 3. The zero-order chi connectivity index (χ0) is 13.5. The fraction of sp³-hybridized carbons (Fsp3) is 0.333. The first kappa shape index (κ1) is 14.0. The molecule has 0 aliphatic heterocycles. The quantitative estimate of drug-likeness (QED) is 0.536. The second-order valence-corrected chi connectivity index (χ2v) is 3.82. The SMILES string of the molecule is O=C(O)CCCCC(=O)Nc1ccc(O)c(F)c1. The number of amides is 1. The fourth-order valence-electron chi connectivity index (χ4n) is 1.37. The lowest BCUT2D eigenvalue weighted by molar-refractivity contribution is -0.137. The molecule has 0 saturated heterocycles.